The Kier molecular flexibility index (Phi) is 2.38. The van der Waals surface area contributed by atoms with Crippen LogP contribution in [0.5, 0.6) is 0 Å². The molecule has 0 unspecified atom stereocenters. The van der Waals surface area contributed by atoms with Gasteiger partial charge in [0.2, 0.25) is 0 Å². The molecule has 1 heterocycles. The first-order chi connectivity index (χ1) is 8.99. The van der Waals surface area contributed by atoms with E-state index in [2.05, 4.69) is 4.98 Å². The minimum atomic E-state index is -1.59. The highest BCUT2D eigenvalue weighted by atomic mass is 19.2. The number of nitrogens with one attached hydrogen (secondary N) is 1. The van der Waals surface area contributed by atoms with E-state index in [0.717, 1.165) is 11.6 Å². The van der Waals surface area contributed by atoms with Gasteiger partial charge in [0.1, 0.15) is 0 Å². The summed E-state index contributed by atoms with van der Waals surface area (Å²) in [5.74, 6) is -4.25. The average Bonchev–Trinajstić information content (AvgIpc) is 2.38. The van der Waals surface area contributed by atoms with Crippen LogP contribution in [-0.4, -0.2) is 4.98 Å². The lowest BCUT2D eigenvalue weighted by atomic mass is 10.0. The van der Waals surface area contributed by atoms with E-state index in [1.807, 2.05) is 0 Å². The highest BCUT2D eigenvalue weighted by molar-refractivity contribution is 6.05. The van der Waals surface area contributed by atoms with Gasteiger partial charge in [-0.3, -0.25) is 4.79 Å². The van der Waals surface area contributed by atoms with Crippen molar-refractivity contribution in [2.45, 2.75) is 6.92 Å². The molecule has 0 aliphatic rings. The summed E-state index contributed by atoms with van der Waals surface area (Å²) in [6.45, 7) is 1.80. The van der Waals surface area contributed by atoms with Crippen LogP contribution in [0.2, 0.25) is 0 Å². The van der Waals surface area contributed by atoms with E-state index < -0.39 is 23.0 Å². The van der Waals surface area contributed by atoms with Gasteiger partial charge in [0.05, 0.1) is 5.52 Å². The first kappa shape index (κ1) is 11.8. The number of hydrogen-bond acceptors (Lipinski definition) is 1. The lowest BCUT2D eigenvalue weighted by Gasteiger charge is -2.06. The number of fused-ring (bicyclic) bond motifs is 3. The number of halogens is 3. The summed E-state index contributed by atoms with van der Waals surface area (Å²) in [5, 5.41) is 0.853. The molecule has 0 spiro atoms. The van der Waals surface area contributed by atoms with Gasteiger partial charge in [-0.2, -0.15) is 0 Å². The van der Waals surface area contributed by atoms with E-state index in [1.54, 1.807) is 25.1 Å². The number of hydrogen-bond donors (Lipinski definition) is 1. The Bertz CT molecular complexity index is 883. The molecule has 96 valence electrons. The number of pyridine rings is 1. The van der Waals surface area contributed by atoms with Crippen LogP contribution in [0.25, 0.3) is 21.7 Å². The van der Waals surface area contributed by atoms with Crippen molar-refractivity contribution in [3.05, 3.63) is 57.6 Å². The third-order valence-electron chi connectivity index (χ3n) is 3.11. The Hall–Kier alpha value is -2.30. The van der Waals surface area contributed by atoms with Gasteiger partial charge in [0.25, 0.3) is 5.56 Å². The Balaban J connectivity index is 2.65. The predicted octanol–water partition coefficient (Wildman–Crippen LogP) is 3.41. The van der Waals surface area contributed by atoms with Crippen LogP contribution in [0.3, 0.4) is 0 Å². The minimum absolute atomic E-state index is 0.144. The van der Waals surface area contributed by atoms with Crippen LogP contribution in [0.15, 0.2) is 29.1 Å². The van der Waals surface area contributed by atoms with Gasteiger partial charge in [-0.25, -0.2) is 13.2 Å². The first-order valence-electron chi connectivity index (χ1n) is 5.59. The third-order valence-corrected chi connectivity index (χ3v) is 3.11. The second-order valence-corrected chi connectivity index (χ2v) is 4.41. The van der Waals surface area contributed by atoms with Crippen LogP contribution in [0.4, 0.5) is 13.2 Å². The van der Waals surface area contributed by atoms with Crippen molar-refractivity contribution in [3.8, 4) is 0 Å². The van der Waals surface area contributed by atoms with Gasteiger partial charge >= 0.3 is 0 Å². The van der Waals surface area contributed by atoms with Crippen LogP contribution < -0.4 is 5.56 Å². The molecule has 1 N–H and O–H groups in total. The van der Waals surface area contributed by atoms with Crippen molar-refractivity contribution < 1.29 is 13.2 Å². The Labute approximate surface area is 105 Å². The summed E-state index contributed by atoms with van der Waals surface area (Å²) >= 11 is 0. The largest absolute Gasteiger partial charge is 0.319 e. The summed E-state index contributed by atoms with van der Waals surface area (Å²) in [7, 11) is 0. The lowest BCUT2D eigenvalue weighted by molar-refractivity contribution is 0.452. The molecule has 0 aliphatic heterocycles. The number of aryl methyl sites for hydroxylation is 1. The quantitative estimate of drug-likeness (QED) is 0.489. The van der Waals surface area contributed by atoms with Gasteiger partial charge in [-0.15, -0.1) is 0 Å². The zero-order chi connectivity index (χ0) is 13.7. The molecule has 0 bridgehead atoms. The summed E-state index contributed by atoms with van der Waals surface area (Å²) in [4.78, 5) is 14.1. The normalized spacial score (nSPS) is 11.4. The van der Waals surface area contributed by atoms with E-state index in [-0.39, 0.29) is 10.9 Å². The Morgan fingerprint density at radius 1 is 0.947 bits per heavy atom. The van der Waals surface area contributed by atoms with Gasteiger partial charge in [0.15, 0.2) is 17.5 Å². The van der Waals surface area contributed by atoms with Crippen molar-refractivity contribution in [1.29, 1.82) is 0 Å². The molecule has 0 saturated carbocycles. The fourth-order valence-corrected chi connectivity index (χ4v) is 2.19. The Morgan fingerprint density at radius 3 is 2.42 bits per heavy atom. The molecule has 0 radical (unpaired) electrons. The van der Waals surface area contributed by atoms with Crippen molar-refractivity contribution in [2.24, 2.45) is 0 Å². The second kappa shape index (κ2) is 3.85. The smallest absolute Gasteiger partial charge is 0.256 e. The molecule has 2 nitrogen and oxygen atoms in total. The monoisotopic (exact) mass is 263 g/mol. The molecule has 1 aromatic heterocycles. The summed E-state index contributed by atoms with van der Waals surface area (Å²) < 4.78 is 40.2. The highest BCUT2D eigenvalue weighted by Gasteiger charge is 2.16. The molecular weight excluding hydrogens is 255 g/mol. The highest BCUT2D eigenvalue weighted by Crippen LogP contribution is 2.26. The first-order valence-corrected chi connectivity index (χ1v) is 5.59. The SMILES string of the molecule is Cc1ccc2c(c1)c(=O)[nH]c1c(F)c(F)c(F)cc12. The number of rotatable bonds is 0. The Morgan fingerprint density at radius 2 is 1.68 bits per heavy atom. The second-order valence-electron chi connectivity index (χ2n) is 4.41. The van der Waals surface area contributed by atoms with Gasteiger partial charge in [0, 0.05) is 10.8 Å². The standard InChI is InChI=1S/C14H8F3NO/c1-6-2-3-7-8-5-10(15)11(16)12(17)13(8)18-14(19)9(7)4-6/h2-5H,1H3,(H,18,19). The van der Waals surface area contributed by atoms with E-state index in [0.29, 0.717) is 10.8 Å². The third kappa shape index (κ3) is 1.62. The van der Waals surface area contributed by atoms with E-state index >= 15 is 0 Å². The predicted molar refractivity (Wildman–Crippen MR) is 66.7 cm³/mol. The lowest BCUT2D eigenvalue weighted by Crippen LogP contribution is -2.09. The van der Waals surface area contributed by atoms with Gasteiger partial charge in [-0.1, -0.05) is 17.7 Å². The van der Waals surface area contributed by atoms with Crippen molar-refractivity contribution in [2.75, 3.05) is 0 Å². The summed E-state index contributed by atoms with van der Waals surface area (Å²) in [6.07, 6.45) is 0. The molecule has 0 fully saturated rings. The minimum Gasteiger partial charge on any atom is -0.319 e. The molecule has 3 aromatic rings. The van der Waals surface area contributed by atoms with Gasteiger partial charge < -0.3 is 4.98 Å². The molecule has 0 aliphatic carbocycles. The maximum Gasteiger partial charge on any atom is 0.256 e. The van der Waals surface area contributed by atoms with E-state index in [9.17, 15) is 18.0 Å². The number of aromatic amines is 1. The number of aromatic nitrogens is 1. The van der Waals surface area contributed by atoms with Crippen molar-refractivity contribution in [1.82, 2.24) is 4.98 Å². The molecule has 5 heteroatoms. The zero-order valence-corrected chi connectivity index (χ0v) is 9.85. The molecule has 19 heavy (non-hydrogen) atoms. The fraction of sp³-hybridized carbons (Fsp3) is 0.0714. The average molecular weight is 263 g/mol. The summed E-state index contributed by atoms with van der Waals surface area (Å²) in [5.41, 5.74) is -0.00299. The topological polar surface area (TPSA) is 32.9 Å². The molecule has 0 amide bonds. The molecule has 3 rings (SSSR count). The van der Waals surface area contributed by atoms with Crippen molar-refractivity contribution >= 4 is 21.7 Å². The fourth-order valence-electron chi connectivity index (χ4n) is 2.19. The molecule has 0 saturated heterocycles. The van der Waals surface area contributed by atoms with E-state index in [1.165, 1.54) is 0 Å². The molecular formula is C14H8F3NO. The van der Waals surface area contributed by atoms with Crippen LogP contribution in [0, 0.1) is 24.4 Å². The molecule has 2 aromatic carbocycles. The maximum absolute atomic E-state index is 13.7. The van der Waals surface area contributed by atoms with Crippen LogP contribution in [0.1, 0.15) is 5.56 Å². The molecule has 0 atom stereocenters. The van der Waals surface area contributed by atoms with E-state index in [4.69, 9.17) is 0 Å². The number of benzene rings is 2. The van der Waals surface area contributed by atoms with Crippen LogP contribution >= 0.6 is 0 Å². The summed E-state index contributed by atoms with van der Waals surface area (Å²) in [6, 6.07) is 5.83. The van der Waals surface area contributed by atoms with Gasteiger partial charge in [-0.05, 0) is 24.4 Å². The van der Waals surface area contributed by atoms with Crippen molar-refractivity contribution in [3.63, 3.8) is 0 Å². The van der Waals surface area contributed by atoms with Crippen LogP contribution in [-0.2, 0) is 0 Å². The maximum atomic E-state index is 13.7. The number of H-pyrrole nitrogens is 1. The zero-order valence-electron chi connectivity index (χ0n) is 9.85.